The number of benzene rings is 1. The van der Waals surface area contributed by atoms with E-state index >= 15 is 0 Å². The van der Waals surface area contributed by atoms with Gasteiger partial charge in [0.1, 0.15) is 0 Å². The van der Waals surface area contributed by atoms with Crippen molar-refractivity contribution in [3.8, 4) is 11.5 Å². The van der Waals surface area contributed by atoms with Gasteiger partial charge < -0.3 is 24.4 Å². The van der Waals surface area contributed by atoms with Crippen molar-refractivity contribution >= 4 is 5.96 Å². The summed E-state index contributed by atoms with van der Waals surface area (Å²) in [5.74, 6) is 2.63. The molecule has 3 aliphatic heterocycles. The second kappa shape index (κ2) is 8.14. The summed E-state index contributed by atoms with van der Waals surface area (Å²) in [6.45, 7) is 9.82. The van der Waals surface area contributed by atoms with E-state index in [4.69, 9.17) is 19.2 Å². The van der Waals surface area contributed by atoms with Crippen LogP contribution in [0.15, 0.2) is 23.2 Å². The Morgan fingerprint density at radius 1 is 1.19 bits per heavy atom. The second-order valence-corrected chi connectivity index (χ2v) is 6.89. The lowest BCUT2D eigenvalue weighted by Gasteiger charge is -2.32. The van der Waals surface area contributed by atoms with Crippen molar-refractivity contribution in [2.75, 3.05) is 52.7 Å². The number of hydrogen-bond donors (Lipinski definition) is 1. The summed E-state index contributed by atoms with van der Waals surface area (Å²) in [6, 6.07) is 6.65. The van der Waals surface area contributed by atoms with E-state index in [1.165, 1.54) is 6.42 Å². The van der Waals surface area contributed by atoms with Crippen molar-refractivity contribution in [2.24, 2.45) is 4.99 Å². The number of likely N-dealkylation sites (tertiary alicyclic amines) is 1. The summed E-state index contributed by atoms with van der Waals surface area (Å²) in [6.07, 6.45) is 1.19. The molecule has 0 spiro atoms. The number of nitrogens with one attached hydrogen (secondary N) is 1. The molecule has 3 heterocycles. The molecule has 1 unspecified atom stereocenters. The monoisotopic (exact) mass is 360 g/mol. The zero-order valence-corrected chi connectivity index (χ0v) is 15.4. The molecule has 4 rings (SSSR count). The summed E-state index contributed by atoms with van der Waals surface area (Å²) >= 11 is 0. The van der Waals surface area contributed by atoms with Gasteiger partial charge in [-0.25, -0.2) is 4.99 Å². The van der Waals surface area contributed by atoms with Crippen molar-refractivity contribution in [3.05, 3.63) is 23.8 Å². The van der Waals surface area contributed by atoms with E-state index in [9.17, 15) is 0 Å². The third-order valence-corrected chi connectivity index (χ3v) is 5.21. The van der Waals surface area contributed by atoms with Crippen molar-refractivity contribution in [3.63, 3.8) is 0 Å². The maximum Gasteiger partial charge on any atom is 0.231 e. The van der Waals surface area contributed by atoms with Gasteiger partial charge in [0.2, 0.25) is 6.79 Å². The fraction of sp³-hybridized carbons (Fsp3) is 0.632. The fourth-order valence-electron chi connectivity index (χ4n) is 3.81. The first-order valence-electron chi connectivity index (χ1n) is 9.57. The molecule has 7 heteroatoms. The van der Waals surface area contributed by atoms with Crippen LogP contribution in [0.5, 0.6) is 11.5 Å². The van der Waals surface area contributed by atoms with Gasteiger partial charge in [0, 0.05) is 38.8 Å². The molecule has 0 saturated carbocycles. The van der Waals surface area contributed by atoms with E-state index in [1.54, 1.807) is 0 Å². The predicted molar refractivity (Wildman–Crippen MR) is 99.8 cm³/mol. The van der Waals surface area contributed by atoms with Crippen LogP contribution in [0.4, 0.5) is 0 Å². The molecule has 0 aliphatic carbocycles. The summed E-state index contributed by atoms with van der Waals surface area (Å²) in [4.78, 5) is 9.81. The van der Waals surface area contributed by atoms with Gasteiger partial charge in [0.05, 0.1) is 19.8 Å². The molecule has 7 nitrogen and oxygen atoms in total. The lowest BCUT2D eigenvalue weighted by Crippen LogP contribution is -2.46. The van der Waals surface area contributed by atoms with Crippen LogP contribution in [0.3, 0.4) is 0 Å². The smallest absolute Gasteiger partial charge is 0.231 e. The van der Waals surface area contributed by atoms with Crippen molar-refractivity contribution < 1.29 is 14.2 Å². The molecule has 2 fully saturated rings. The minimum absolute atomic E-state index is 0.307. The highest BCUT2D eigenvalue weighted by atomic mass is 16.7. The second-order valence-electron chi connectivity index (χ2n) is 6.89. The molecular formula is C19H28N4O3. The van der Waals surface area contributed by atoms with E-state index in [0.29, 0.717) is 19.4 Å². The molecule has 1 aromatic carbocycles. The van der Waals surface area contributed by atoms with Crippen LogP contribution in [0.2, 0.25) is 0 Å². The lowest BCUT2D eigenvalue weighted by atomic mass is 10.2. The van der Waals surface area contributed by atoms with Gasteiger partial charge in [0.15, 0.2) is 17.5 Å². The first kappa shape index (κ1) is 17.4. The zero-order valence-electron chi connectivity index (χ0n) is 15.4. The van der Waals surface area contributed by atoms with Crippen LogP contribution < -0.4 is 14.8 Å². The first-order valence-corrected chi connectivity index (χ1v) is 9.57. The largest absolute Gasteiger partial charge is 0.454 e. The quantitative estimate of drug-likeness (QED) is 0.645. The Bertz CT molecular complexity index is 646. The molecule has 1 aromatic rings. The van der Waals surface area contributed by atoms with Gasteiger partial charge in [-0.05, 0) is 31.0 Å². The summed E-state index contributed by atoms with van der Waals surface area (Å²) < 4.78 is 16.3. The molecule has 142 valence electrons. The SMILES string of the molecule is CCNC(=NCc1ccc2c(c1)OCO2)N1CCC(N2CCOCC2)C1. The molecule has 1 N–H and O–H groups in total. The van der Waals surface area contributed by atoms with Crippen LogP contribution in [-0.4, -0.2) is 74.5 Å². The van der Waals surface area contributed by atoms with Gasteiger partial charge >= 0.3 is 0 Å². The Balaban J connectivity index is 1.39. The van der Waals surface area contributed by atoms with E-state index in [1.807, 2.05) is 12.1 Å². The first-order chi connectivity index (χ1) is 12.8. The number of fused-ring (bicyclic) bond motifs is 1. The van der Waals surface area contributed by atoms with Crippen LogP contribution in [0.25, 0.3) is 0 Å². The normalized spacial score (nSPS) is 23.5. The molecule has 0 bridgehead atoms. The third kappa shape index (κ3) is 3.88. The lowest BCUT2D eigenvalue weighted by molar-refractivity contribution is 0.0195. The van der Waals surface area contributed by atoms with Gasteiger partial charge in [-0.3, -0.25) is 4.90 Å². The van der Waals surface area contributed by atoms with E-state index < -0.39 is 0 Å². The van der Waals surface area contributed by atoms with Crippen LogP contribution in [0, 0.1) is 0 Å². The number of guanidine groups is 1. The molecule has 3 aliphatic rings. The highest BCUT2D eigenvalue weighted by molar-refractivity contribution is 5.80. The molecule has 0 radical (unpaired) electrons. The average Bonchev–Trinajstić information content (AvgIpc) is 3.35. The van der Waals surface area contributed by atoms with Gasteiger partial charge in [-0.1, -0.05) is 6.07 Å². The summed E-state index contributed by atoms with van der Waals surface area (Å²) in [5, 5.41) is 3.45. The average molecular weight is 360 g/mol. The Morgan fingerprint density at radius 3 is 2.88 bits per heavy atom. The Labute approximate surface area is 154 Å². The maximum absolute atomic E-state index is 5.48. The highest BCUT2D eigenvalue weighted by Gasteiger charge is 2.30. The standard InChI is InChI=1S/C19H28N4O3/c1-2-20-19(21-12-15-3-4-17-18(11-15)26-14-25-17)23-6-5-16(13-23)22-7-9-24-10-8-22/h3-4,11,16H,2,5-10,12-14H2,1H3,(H,20,21). The molecule has 26 heavy (non-hydrogen) atoms. The molecular weight excluding hydrogens is 332 g/mol. The number of nitrogens with zero attached hydrogens (tertiary/aromatic N) is 3. The number of morpholine rings is 1. The minimum Gasteiger partial charge on any atom is -0.454 e. The Kier molecular flexibility index (Phi) is 5.45. The number of ether oxygens (including phenoxy) is 3. The third-order valence-electron chi connectivity index (χ3n) is 5.21. The van der Waals surface area contributed by atoms with Gasteiger partial charge in [0.25, 0.3) is 0 Å². The van der Waals surface area contributed by atoms with Crippen LogP contribution in [-0.2, 0) is 11.3 Å². The van der Waals surface area contributed by atoms with Crippen LogP contribution >= 0.6 is 0 Å². The fourth-order valence-corrected chi connectivity index (χ4v) is 3.81. The zero-order chi connectivity index (χ0) is 17.8. The predicted octanol–water partition coefficient (Wildman–Crippen LogP) is 1.29. The Hall–Kier alpha value is -1.99. The van der Waals surface area contributed by atoms with E-state index in [-0.39, 0.29) is 0 Å². The van der Waals surface area contributed by atoms with E-state index in [2.05, 4.69) is 28.1 Å². The minimum atomic E-state index is 0.307. The molecule has 0 amide bonds. The van der Waals surface area contributed by atoms with Crippen LogP contribution in [0.1, 0.15) is 18.9 Å². The number of hydrogen-bond acceptors (Lipinski definition) is 5. The highest BCUT2D eigenvalue weighted by Crippen LogP contribution is 2.32. The number of rotatable bonds is 4. The van der Waals surface area contributed by atoms with Crippen molar-refractivity contribution in [2.45, 2.75) is 25.9 Å². The topological polar surface area (TPSA) is 58.6 Å². The summed E-state index contributed by atoms with van der Waals surface area (Å²) in [7, 11) is 0. The Morgan fingerprint density at radius 2 is 2.04 bits per heavy atom. The molecule has 0 aromatic heterocycles. The van der Waals surface area contributed by atoms with Gasteiger partial charge in [-0.2, -0.15) is 0 Å². The maximum atomic E-state index is 5.48. The van der Waals surface area contributed by atoms with Gasteiger partial charge in [-0.15, -0.1) is 0 Å². The van der Waals surface area contributed by atoms with E-state index in [0.717, 1.165) is 69.0 Å². The summed E-state index contributed by atoms with van der Waals surface area (Å²) in [5.41, 5.74) is 1.13. The number of aliphatic imine (C=N–C) groups is 1. The molecule has 2 saturated heterocycles. The van der Waals surface area contributed by atoms with Crippen molar-refractivity contribution in [1.82, 2.24) is 15.1 Å². The van der Waals surface area contributed by atoms with Crippen molar-refractivity contribution in [1.29, 1.82) is 0 Å². The molecule has 1 atom stereocenters.